The van der Waals surface area contributed by atoms with E-state index in [4.69, 9.17) is 10.5 Å². The van der Waals surface area contributed by atoms with Crippen molar-refractivity contribution in [1.29, 1.82) is 0 Å². The van der Waals surface area contributed by atoms with E-state index >= 15 is 0 Å². The van der Waals surface area contributed by atoms with Gasteiger partial charge in [-0.25, -0.2) is 4.39 Å². The number of halogens is 1. The van der Waals surface area contributed by atoms with Crippen LogP contribution in [0.4, 0.5) is 4.39 Å². The minimum Gasteiger partial charge on any atom is -0.469 e. The number of nitrogens with two attached hydrogens (primary N) is 1. The van der Waals surface area contributed by atoms with E-state index in [1.807, 2.05) is 41.8 Å². The van der Waals surface area contributed by atoms with Gasteiger partial charge in [-0.3, -0.25) is 9.59 Å². The summed E-state index contributed by atoms with van der Waals surface area (Å²) in [4.78, 5) is 24.1. The lowest BCUT2D eigenvalue weighted by Crippen LogP contribution is -2.13. The van der Waals surface area contributed by atoms with Crippen LogP contribution in [0.15, 0.2) is 54.6 Å². The van der Waals surface area contributed by atoms with Gasteiger partial charge in [0.2, 0.25) is 0 Å². The fourth-order valence-electron chi connectivity index (χ4n) is 3.59. The smallest absolute Gasteiger partial charge is 0.305 e. The Kier molecular flexibility index (Phi) is 6.12. The number of hydrogen-bond donors (Lipinski definition) is 1. The van der Waals surface area contributed by atoms with Crippen LogP contribution in [0.25, 0.3) is 11.1 Å². The second kappa shape index (κ2) is 8.73. The Morgan fingerprint density at radius 3 is 2.31 bits per heavy atom. The summed E-state index contributed by atoms with van der Waals surface area (Å²) in [6.07, 6.45) is 0.515. The molecule has 1 heterocycles. The number of carbonyl (C=O) groups excluding carboxylic acids is 2. The van der Waals surface area contributed by atoms with Gasteiger partial charge in [0.25, 0.3) is 5.91 Å². The highest BCUT2D eigenvalue weighted by Crippen LogP contribution is 2.34. The Morgan fingerprint density at radius 1 is 1.07 bits per heavy atom. The molecule has 3 aromatic rings. The standard InChI is InChI=1S/C23H23FN2O3/c1-15-21(23(25)28)22(17-8-10-18(24)11-9-17)19(12-13-20(27)29-2)26(15)14-16-6-4-3-5-7-16/h3-11H,12-14H2,1-2H3,(H2,25,28). The second-order valence-corrected chi connectivity index (χ2v) is 6.80. The lowest BCUT2D eigenvalue weighted by molar-refractivity contribution is -0.140. The van der Waals surface area contributed by atoms with Crippen LogP contribution >= 0.6 is 0 Å². The van der Waals surface area contributed by atoms with Gasteiger partial charge in [-0.05, 0) is 36.6 Å². The number of benzene rings is 2. The van der Waals surface area contributed by atoms with E-state index < -0.39 is 5.91 Å². The van der Waals surface area contributed by atoms with E-state index in [9.17, 15) is 14.0 Å². The summed E-state index contributed by atoms with van der Waals surface area (Å²) in [5, 5.41) is 0. The molecule has 0 atom stereocenters. The van der Waals surface area contributed by atoms with E-state index in [0.717, 1.165) is 11.3 Å². The van der Waals surface area contributed by atoms with Gasteiger partial charge in [-0.15, -0.1) is 0 Å². The maximum atomic E-state index is 13.5. The molecule has 0 aliphatic heterocycles. The number of primary amides is 1. The predicted octanol–water partition coefficient (Wildman–Crippen LogP) is 3.86. The maximum Gasteiger partial charge on any atom is 0.305 e. The highest BCUT2D eigenvalue weighted by Gasteiger charge is 2.25. The predicted molar refractivity (Wildman–Crippen MR) is 109 cm³/mol. The van der Waals surface area contributed by atoms with Crippen molar-refractivity contribution in [2.45, 2.75) is 26.3 Å². The van der Waals surface area contributed by atoms with E-state index in [1.54, 1.807) is 12.1 Å². The molecule has 3 rings (SSSR count). The van der Waals surface area contributed by atoms with Gasteiger partial charge in [0, 0.05) is 23.5 Å². The molecule has 0 saturated heterocycles. The van der Waals surface area contributed by atoms with Gasteiger partial charge in [0.15, 0.2) is 0 Å². The zero-order chi connectivity index (χ0) is 21.0. The Labute approximate surface area is 168 Å². The van der Waals surface area contributed by atoms with Crippen LogP contribution in [-0.4, -0.2) is 23.6 Å². The lowest BCUT2D eigenvalue weighted by atomic mass is 9.98. The average Bonchev–Trinajstić information content (AvgIpc) is 2.99. The molecule has 2 aromatic carbocycles. The van der Waals surface area contributed by atoms with E-state index in [0.29, 0.717) is 35.3 Å². The number of aromatic nitrogens is 1. The summed E-state index contributed by atoms with van der Waals surface area (Å²) in [6.45, 7) is 2.35. The van der Waals surface area contributed by atoms with Crippen molar-refractivity contribution in [1.82, 2.24) is 4.57 Å². The Balaban J connectivity index is 2.20. The largest absolute Gasteiger partial charge is 0.469 e. The molecule has 1 aromatic heterocycles. The second-order valence-electron chi connectivity index (χ2n) is 6.80. The monoisotopic (exact) mass is 394 g/mol. The van der Waals surface area contributed by atoms with Crippen molar-refractivity contribution in [3.63, 3.8) is 0 Å². The number of nitrogens with zero attached hydrogens (tertiary/aromatic N) is 1. The molecule has 0 unspecified atom stereocenters. The van der Waals surface area contributed by atoms with E-state index in [-0.39, 0.29) is 18.2 Å². The van der Waals surface area contributed by atoms with Crippen molar-refractivity contribution >= 4 is 11.9 Å². The van der Waals surface area contributed by atoms with E-state index in [2.05, 4.69) is 0 Å². The van der Waals surface area contributed by atoms with Crippen molar-refractivity contribution in [3.8, 4) is 11.1 Å². The summed E-state index contributed by atoms with van der Waals surface area (Å²) in [5.74, 6) is -1.28. The summed E-state index contributed by atoms with van der Waals surface area (Å²) in [6, 6.07) is 15.7. The van der Waals surface area contributed by atoms with Gasteiger partial charge in [0.05, 0.1) is 19.1 Å². The molecular formula is C23H23FN2O3. The van der Waals surface area contributed by atoms with E-state index in [1.165, 1.54) is 19.2 Å². The molecule has 2 N–H and O–H groups in total. The highest BCUT2D eigenvalue weighted by atomic mass is 19.1. The molecular weight excluding hydrogens is 371 g/mol. The third-order valence-corrected chi connectivity index (χ3v) is 4.99. The number of ether oxygens (including phenoxy) is 1. The third kappa shape index (κ3) is 4.37. The van der Waals surface area contributed by atoms with Gasteiger partial charge in [-0.1, -0.05) is 42.5 Å². The van der Waals surface area contributed by atoms with Crippen molar-refractivity contribution < 1.29 is 18.7 Å². The van der Waals surface area contributed by atoms with Gasteiger partial charge >= 0.3 is 5.97 Å². The van der Waals surface area contributed by atoms with Crippen LogP contribution in [0.3, 0.4) is 0 Å². The van der Waals surface area contributed by atoms with Crippen molar-refractivity contribution in [3.05, 3.63) is 82.9 Å². The van der Waals surface area contributed by atoms with Crippen LogP contribution < -0.4 is 5.73 Å². The molecule has 29 heavy (non-hydrogen) atoms. The molecule has 0 radical (unpaired) electrons. The van der Waals surface area contributed by atoms with Crippen LogP contribution in [0, 0.1) is 12.7 Å². The Morgan fingerprint density at radius 2 is 1.72 bits per heavy atom. The zero-order valence-electron chi connectivity index (χ0n) is 16.4. The van der Waals surface area contributed by atoms with Gasteiger partial charge < -0.3 is 15.0 Å². The molecule has 0 saturated carbocycles. The summed E-state index contributed by atoms with van der Waals surface area (Å²) in [7, 11) is 1.34. The van der Waals surface area contributed by atoms with Crippen LogP contribution in [-0.2, 0) is 22.5 Å². The first-order valence-corrected chi connectivity index (χ1v) is 9.30. The molecule has 5 nitrogen and oxygen atoms in total. The number of hydrogen-bond acceptors (Lipinski definition) is 3. The number of esters is 1. The third-order valence-electron chi connectivity index (χ3n) is 4.99. The highest BCUT2D eigenvalue weighted by molar-refractivity contribution is 6.02. The van der Waals surface area contributed by atoms with Crippen molar-refractivity contribution in [2.24, 2.45) is 5.73 Å². The lowest BCUT2D eigenvalue weighted by Gasteiger charge is -2.13. The summed E-state index contributed by atoms with van der Waals surface area (Å²) < 4.78 is 20.3. The number of amides is 1. The molecule has 1 amide bonds. The molecule has 0 spiro atoms. The number of methoxy groups -OCH3 is 1. The summed E-state index contributed by atoms with van der Waals surface area (Å²) >= 11 is 0. The first kappa shape index (κ1) is 20.3. The number of carbonyl (C=O) groups is 2. The quantitative estimate of drug-likeness (QED) is 0.619. The van der Waals surface area contributed by atoms with Gasteiger partial charge in [-0.2, -0.15) is 0 Å². The Bertz CT molecular complexity index is 1020. The van der Waals surface area contributed by atoms with Crippen molar-refractivity contribution in [2.75, 3.05) is 7.11 Å². The van der Waals surface area contributed by atoms with Crippen LogP contribution in [0.2, 0.25) is 0 Å². The SMILES string of the molecule is COC(=O)CCc1c(-c2ccc(F)cc2)c(C(N)=O)c(C)n1Cc1ccccc1. The molecule has 0 bridgehead atoms. The average molecular weight is 394 g/mol. The molecule has 6 heteroatoms. The summed E-state index contributed by atoms with van der Waals surface area (Å²) in [5.41, 5.74) is 9.96. The minimum absolute atomic E-state index is 0.154. The molecule has 150 valence electrons. The van der Waals surface area contributed by atoms with Crippen LogP contribution in [0.1, 0.15) is 33.7 Å². The maximum absolute atomic E-state index is 13.5. The van der Waals surface area contributed by atoms with Crippen LogP contribution in [0.5, 0.6) is 0 Å². The topological polar surface area (TPSA) is 74.3 Å². The zero-order valence-corrected chi connectivity index (χ0v) is 16.4. The fraction of sp³-hybridized carbons (Fsp3) is 0.217. The fourth-order valence-corrected chi connectivity index (χ4v) is 3.59. The number of rotatable bonds is 7. The minimum atomic E-state index is -0.562. The normalized spacial score (nSPS) is 10.7. The van der Waals surface area contributed by atoms with Gasteiger partial charge in [0.1, 0.15) is 5.82 Å². The first-order valence-electron chi connectivity index (χ1n) is 9.30. The molecule has 0 aliphatic rings. The molecule has 0 fully saturated rings. The first-order chi connectivity index (χ1) is 13.9. The molecule has 0 aliphatic carbocycles. The Hall–Kier alpha value is -3.41.